The van der Waals surface area contributed by atoms with E-state index in [0.717, 1.165) is 21.8 Å². The van der Waals surface area contributed by atoms with Crippen LogP contribution in [0, 0.1) is 0 Å². The smallest absolute Gasteiger partial charge is 0.195 e. The Bertz CT molecular complexity index is 819. The number of halogens is 1. The maximum atomic E-state index is 11.9. The number of hydrogen-bond donors (Lipinski definition) is 0. The Hall–Kier alpha value is -2.36. The van der Waals surface area contributed by atoms with Crippen LogP contribution in [0.4, 0.5) is 0 Å². The number of ketones is 1. The van der Waals surface area contributed by atoms with Crippen molar-refractivity contribution in [3.05, 3.63) is 93.1 Å². The standard InChI is InChI=1S/C20H15ClO2S/c21-17-8-3-16(4-9-17)14-23-18-10-5-15(6-11-18)7-12-19(22)20-2-1-13-24-20/h1-13H,14H2/b12-7+. The van der Waals surface area contributed by atoms with Gasteiger partial charge in [-0.25, -0.2) is 0 Å². The second kappa shape index (κ2) is 7.95. The third kappa shape index (κ3) is 4.57. The molecule has 2 aromatic carbocycles. The first-order valence-electron chi connectivity index (χ1n) is 7.44. The molecule has 0 unspecified atom stereocenters. The summed E-state index contributed by atoms with van der Waals surface area (Å²) in [5, 5.41) is 2.61. The minimum atomic E-state index is 0.0214. The van der Waals surface area contributed by atoms with Crippen LogP contribution in [-0.4, -0.2) is 5.78 Å². The highest BCUT2D eigenvalue weighted by Gasteiger charge is 2.01. The SMILES string of the molecule is O=C(/C=C/c1ccc(OCc2ccc(Cl)cc2)cc1)c1cccs1. The molecule has 0 atom stereocenters. The zero-order valence-electron chi connectivity index (χ0n) is 12.8. The van der Waals surface area contributed by atoms with Crippen molar-refractivity contribution in [2.75, 3.05) is 0 Å². The molecule has 1 heterocycles. The van der Waals surface area contributed by atoms with Gasteiger partial charge in [-0.05, 0) is 52.9 Å². The Morgan fingerprint density at radius 1 is 1.04 bits per heavy atom. The van der Waals surface area contributed by atoms with Crippen LogP contribution in [0.5, 0.6) is 5.75 Å². The normalized spacial score (nSPS) is 10.9. The number of rotatable bonds is 6. The molecule has 0 spiro atoms. The fourth-order valence-electron chi connectivity index (χ4n) is 2.10. The van der Waals surface area contributed by atoms with Gasteiger partial charge >= 0.3 is 0 Å². The lowest BCUT2D eigenvalue weighted by molar-refractivity contribution is 0.105. The molecule has 0 saturated heterocycles. The van der Waals surface area contributed by atoms with E-state index in [2.05, 4.69) is 0 Å². The van der Waals surface area contributed by atoms with Crippen LogP contribution in [-0.2, 0) is 6.61 Å². The van der Waals surface area contributed by atoms with Crippen LogP contribution in [0.1, 0.15) is 20.8 Å². The quantitative estimate of drug-likeness (QED) is 0.408. The number of allylic oxidation sites excluding steroid dienone is 1. The monoisotopic (exact) mass is 354 g/mol. The Kier molecular flexibility index (Phi) is 5.47. The van der Waals surface area contributed by atoms with Crippen molar-refractivity contribution in [3.63, 3.8) is 0 Å². The van der Waals surface area contributed by atoms with Crippen LogP contribution in [0.25, 0.3) is 6.08 Å². The highest BCUT2D eigenvalue weighted by Crippen LogP contribution is 2.17. The van der Waals surface area contributed by atoms with E-state index >= 15 is 0 Å². The molecule has 3 aromatic rings. The third-order valence-electron chi connectivity index (χ3n) is 3.39. The lowest BCUT2D eigenvalue weighted by Gasteiger charge is -2.06. The van der Waals surface area contributed by atoms with Crippen molar-refractivity contribution >= 4 is 34.8 Å². The second-order valence-corrected chi connectivity index (χ2v) is 6.54. The maximum absolute atomic E-state index is 11.9. The molecular weight excluding hydrogens is 340 g/mol. The molecule has 0 aliphatic heterocycles. The Labute approximate surface area is 150 Å². The number of hydrogen-bond acceptors (Lipinski definition) is 3. The van der Waals surface area contributed by atoms with E-state index in [1.54, 1.807) is 6.08 Å². The van der Waals surface area contributed by atoms with Crippen LogP contribution >= 0.6 is 22.9 Å². The van der Waals surface area contributed by atoms with Crippen molar-refractivity contribution in [2.45, 2.75) is 6.61 Å². The molecule has 0 N–H and O–H groups in total. The molecule has 24 heavy (non-hydrogen) atoms. The number of ether oxygens (including phenoxy) is 1. The van der Waals surface area contributed by atoms with Gasteiger partial charge in [0.1, 0.15) is 12.4 Å². The van der Waals surface area contributed by atoms with Crippen LogP contribution in [0.3, 0.4) is 0 Å². The molecule has 0 radical (unpaired) electrons. The number of carbonyl (C=O) groups excluding carboxylic acids is 1. The van der Waals surface area contributed by atoms with Gasteiger partial charge in [0.15, 0.2) is 5.78 Å². The van der Waals surface area contributed by atoms with Crippen LogP contribution < -0.4 is 4.74 Å². The topological polar surface area (TPSA) is 26.3 Å². The van der Waals surface area contributed by atoms with E-state index in [9.17, 15) is 4.79 Å². The largest absolute Gasteiger partial charge is 0.489 e. The summed E-state index contributed by atoms with van der Waals surface area (Å²) < 4.78 is 5.74. The third-order valence-corrected chi connectivity index (χ3v) is 4.53. The summed E-state index contributed by atoms with van der Waals surface area (Å²) in [5.41, 5.74) is 2.02. The van der Waals surface area contributed by atoms with Crippen molar-refractivity contribution in [2.24, 2.45) is 0 Å². The first kappa shape index (κ1) is 16.5. The number of carbonyl (C=O) groups is 1. The average molecular weight is 355 g/mol. The summed E-state index contributed by atoms with van der Waals surface area (Å²) >= 11 is 7.31. The zero-order chi connectivity index (χ0) is 16.8. The van der Waals surface area contributed by atoms with Gasteiger partial charge < -0.3 is 4.74 Å². The summed E-state index contributed by atoms with van der Waals surface area (Å²) in [6.07, 6.45) is 3.40. The van der Waals surface area contributed by atoms with E-state index in [4.69, 9.17) is 16.3 Å². The van der Waals surface area contributed by atoms with Gasteiger partial charge in [0.2, 0.25) is 0 Å². The summed E-state index contributed by atoms with van der Waals surface area (Å²) in [5.74, 6) is 0.805. The average Bonchev–Trinajstić information content (AvgIpc) is 3.15. The lowest BCUT2D eigenvalue weighted by Crippen LogP contribution is -1.95. The minimum absolute atomic E-state index is 0.0214. The van der Waals surface area contributed by atoms with Crippen molar-refractivity contribution in [3.8, 4) is 5.75 Å². The van der Waals surface area contributed by atoms with Gasteiger partial charge in [-0.15, -0.1) is 11.3 Å². The van der Waals surface area contributed by atoms with Crippen LogP contribution in [0.2, 0.25) is 5.02 Å². The molecule has 4 heteroatoms. The molecule has 3 rings (SSSR count). The molecule has 0 aliphatic carbocycles. The van der Waals surface area contributed by atoms with Gasteiger partial charge in [-0.2, -0.15) is 0 Å². The number of benzene rings is 2. The summed E-state index contributed by atoms with van der Waals surface area (Å²) in [7, 11) is 0. The Morgan fingerprint density at radius 2 is 1.79 bits per heavy atom. The van der Waals surface area contributed by atoms with Gasteiger partial charge in [-0.3, -0.25) is 4.79 Å². The molecule has 0 fully saturated rings. The molecule has 0 saturated carbocycles. The van der Waals surface area contributed by atoms with Gasteiger partial charge in [0.05, 0.1) is 4.88 Å². The maximum Gasteiger partial charge on any atom is 0.195 e. The van der Waals surface area contributed by atoms with E-state index in [1.807, 2.05) is 72.1 Å². The zero-order valence-corrected chi connectivity index (χ0v) is 14.4. The molecule has 0 bridgehead atoms. The Morgan fingerprint density at radius 3 is 2.46 bits per heavy atom. The van der Waals surface area contributed by atoms with Gasteiger partial charge in [0, 0.05) is 5.02 Å². The lowest BCUT2D eigenvalue weighted by atomic mass is 10.2. The fourth-order valence-corrected chi connectivity index (χ4v) is 2.87. The van der Waals surface area contributed by atoms with E-state index in [1.165, 1.54) is 11.3 Å². The van der Waals surface area contributed by atoms with E-state index < -0.39 is 0 Å². The first-order chi connectivity index (χ1) is 11.7. The highest BCUT2D eigenvalue weighted by atomic mass is 35.5. The van der Waals surface area contributed by atoms with Gasteiger partial charge in [0.25, 0.3) is 0 Å². The van der Waals surface area contributed by atoms with E-state index in [-0.39, 0.29) is 5.78 Å². The molecular formula is C20H15ClO2S. The summed E-state index contributed by atoms with van der Waals surface area (Å²) in [6.45, 7) is 0.489. The van der Waals surface area contributed by atoms with Gasteiger partial charge in [-0.1, -0.05) is 48.0 Å². The predicted octanol–water partition coefficient (Wildman–Crippen LogP) is 5.88. The minimum Gasteiger partial charge on any atom is -0.489 e. The molecule has 120 valence electrons. The summed E-state index contributed by atoms with van der Waals surface area (Å²) in [4.78, 5) is 12.7. The summed E-state index contributed by atoms with van der Waals surface area (Å²) in [6, 6.07) is 18.9. The first-order valence-corrected chi connectivity index (χ1v) is 8.70. The molecule has 0 aliphatic rings. The Balaban J connectivity index is 1.57. The van der Waals surface area contributed by atoms with Crippen molar-refractivity contribution in [1.29, 1.82) is 0 Å². The number of thiophene rings is 1. The molecule has 2 nitrogen and oxygen atoms in total. The van der Waals surface area contributed by atoms with Crippen molar-refractivity contribution < 1.29 is 9.53 Å². The second-order valence-electron chi connectivity index (χ2n) is 5.16. The molecule has 1 aromatic heterocycles. The van der Waals surface area contributed by atoms with E-state index in [0.29, 0.717) is 11.6 Å². The van der Waals surface area contributed by atoms with Crippen molar-refractivity contribution in [1.82, 2.24) is 0 Å². The predicted molar refractivity (Wildman–Crippen MR) is 99.9 cm³/mol. The fraction of sp³-hybridized carbons (Fsp3) is 0.0500. The highest BCUT2D eigenvalue weighted by molar-refractivity contribution is 7.12. The van der Waals surface area contributed by atoms with Crippen LogP contribution in [0.15, 0.2) is 72.1 Å². The molecule has 0 amide bonds.